The van der Waals surface area contributed by atoms with Gasteiger partial charge in [-0.2, -0.15) is 0 Å². The van der Waals surface area contributed by atoms with Crippen LogP contribution in [0.5, 0.6) is 0 Å². The molecule has 0 fully saturated rings. The van der Waals surface area contributed by atoms with Crippen molar-refractivity contribution < 1.29 is 33.3 Å². The fraction of sp³-hybridized carbons (Fsp3) is 0.158. The zero-order chi connectivity index (χ0) is 44.3. The van der Waals surface area contributed by atoms with Crippen molar-refractivity contribution >= 4 is 68.2 Å². The first-order chi connectivity index (χ1) is 30.9. The standard InChI is InChI=1S/C43H33N2O2.C14H15FNSi.Ir/c1-25(2)34-23-28(27-13-6-5-7-14-27)24-35(26(3)4)39(34)45-37-19-10-9-18-36(37)44-43(45)33-17-12-16-30-32-22-21-31-29-15-8-11-20-38(29)46-41(31)42(32)47-40(30)33;1-17(2,3)13-8-9-14(16-10-13)11-4-6-12(15)7-5-11;/h5-16,18-26H,1-4H3;4,6-10H,1-3H3;/q2*-1;. The molecule has 11 aromatic rings. The first kappa shape index (κ1) is 43.8. The van der Waals surface area contributed by atoms with E-state index in [4.69, 9.17) is 13.8 Å². The smallest absolute Gasteiger partial charge is 0.177 e. The molecule has 8 heteroatoms. The van der Waals surface area contributed by atoms with E-state index in [1.807, 2.05) is 36.5 Å². The van der Waals surface area contributed by atoms with E-state index in [1.165, 1.54) is 45.3 Å². The van der Waals surface area contributed by atoms with Gasteiger partial charge < -0.3 is 18.4 Å². The molecule has 0 N–H and O–H groups in total. The van der Waals surface area contributed by atoms with E-state index in [1.54, 1.807) is 6.07 Å². The molecule has 0 amide bonds. The van der Waals surface area contributed by atoms with Crippen molar-refractivity contribution in [3.05, 3.63) is 181 Å². The third-order valence-corrected chi connectivity index (χ3v) is 14.2. The Morgan fingerprint density at radius 3 is 1.97 bits per heavy atom. The van der Waals surface area contributed by atoms with Gasteiger partial charge in [-0.3, -0.25) is 9.37 Å². The molecule has 0 aliphatic heterocycles. The van der Waals surface area contributed by atoms with Gasteiger partial charge in [0, 0.05) is 54.0 Å². The van der Waals surface area contributed by atoms with Gasteiger partial charge in [-0.15, -0.1) is 48.0 Å². The molecule has 65 heavy (non-hydrogen) atoms. The molecule has 5 nitrogen and oxygen atoms in total. The fourth-order valence-electron chi connectivity index (χ4n) is 8.75. The second-order valence-corrected chi connectivity index (χ2v) is 23.2. The SMILES string of the molecule is CC(C)c1cc(-c2ccccc2)cc(C(C)C)c1-n1c(-c2[c-]ccc3c2oc2c3ccc3c4ccccc4oc32)nc2ccccc21.C[Si](C)(C)c1ccc(-c2[c-]cc(F)cc2)nc1.[Ir]. The van der Waals surface area contributed by atoms with Crippen LogP contribution in [0.2, 0.25) is 19.6 Å². The molecular formula is C57H48FIrN3O2Si-2. The van der Waals surface area contributed by atoms with Crippen molar-refractivity contribution in [2.45, 2.75) is 59.2 Å². The second kappa shape index (κ2) is 17.5. The van der Waals surface area contributed by atoms with Gasteiger partial charge in [-0.25, -0.2) is 0 Å². The molecule has 0 saturated carbocycles. The number of fused-ring (bicyclic) bond motifs is 8. The number of pyridine rings is 1. The van der Waals surface area contributed by atoms with Crippen LogP contribution in [0.4, 0.5) is 4.39 Å². The Hall–Kier alpha value is -6.44. The van der Waals surface area contributed by atoms with Crippen LogP contribution in [-0.2, 0) is 20.1 Å². The Balaban J connectivity index is 0.000000250. The first-order valence-corrected chi connectivity index (χ1v) is 25.5. The normalized spacial score (nSPS) is 11.8. The molecule has 0 bridgehead atoms. The summed E-state index contributed by atoms with van der Waals surface area (Å²) in [6.07, 6.45) is 1.93. The Bertz CT molecular complexity index is 3460. The molecule has 0 spiro atoms. The van der Waals surface area contributed by atoms with Gasteiger partial charge in [0.2, 0.25) is 0 Å². The minimum Gasteiger partial charge on any atom is -0.497 e. The van der Waals surface area contributed by atoms with Gasteiger partial charge in [0.15, 0.2) is 11.2 Å². The van der Waals surface area contributed by atoms with E-state index in [9.17, 15) is 4.39 Å². The number of hydrogen-bond acceptors (Lipinski definition) is 4. The summed E-state index contributed by atoms with van der Waals surface area (Å²) >= 11 is 0. The summed E-state index contributed by atoms with van der Waals surface area (Å²) in [6.45, 7) is 16.0. The van der Waals surface area contributed by atoms with E-state index in [0.717, 1.165) is 77.6 Å². The number of benzene rings is 7. The summed E-state index contributed by atoms with van der Waals surface area (Å²) in [5, 5.41) is 5.49. The monoisotopic (exact) mass is 1050 g/mol. The van der Waals surface area contributed by atoms with Crippen molar-refractivity contribution in [2.75, 3.05) is 0 Å². The quantitative estimate of drug-likeness (QED) is 0.118. The Labute approximate surface area is 393 Å². The largest absolute Gasteiger partial charge is 0.497 e. The molecule has 1 radical (unpaired) electrons. The molecule has 11 rings (SSSR count). The van der Waals surface area contributed by atoms with E-state index >= 15 is 0 Å². The van der Waals surface area contributed by atoms with Crippen LogP contribution in [0.3, 0.4) is 0 Å². The van der Waals surface area contributed by atoms with Crippen molar-refractivity contribution in [3.8, 4) is 39.5 Å². The predicted octanol–water partition coefficient (Wildman–Crippen LogP) is 15.4. The molecule has 0 aliphatic rings. The van der Waals surface area contributed by atoms with E-state index in [0.29, 0.717) is 0 Å². The van der Waals surface area contributed by atoms with Gasteiger partial charge in [-0.1, -0.05) is 137 Å². The summed E-state index contributed by atoms with van der Waals surface area (Å²) in [7, 11) is -1.30. The van der Waals surface area contributed by atoms with Gasteiger partial charge in [0.05, 0.1) is 30.5 Å². The predicted molar refractivity (Wildman–Crippen MR) is 265 cm³/mol. The van der Waals surface area contributed by atoms with E-state index < -0.39 is 8.07 Å². The first-order valence-electron chi connectivity index (χ1n) is 22.0. The molecule has 325 valence electrons. The molecule has 0 aliphatic carbocycles. The van der Waals surface area contributed by atoms with Gasteiger partial charge in [0.1, 0.15) is 5.58 Å². The maximum atomic E-state index is 12.8. The minimum absolute atomic E-state index is 0. The zero-order valence-electron chi connectivity index (χ0n) is 37.5. The van der Waals surface area contributed by atoms with Crippen LogP contribution < -0.4 is 5.19 Å². The summed E-state index contributed by atoms with van der Waals surface area (Å²) in [5.41, 5.74) is 13.8. The third-order valence-electron chi connectivity index (χ3n) is 12.2. The van der Waals surface area contributed by atoms with Crippen LogP contribution >= 0.6 is 0 Å². The van der Waals surface area contributed by atoms with E-state index in [-0.39, 0.29) is 37.8 Å². The van der Waals surface area contributed by atoms with Gasteiger partial charge in [0.25, 0.3) is 0 Å². The summed E-state index contributed by atoms with van der Waals surface area (Å²) in [6, 6.07) is 55.3. The van der Waals surface area contributed by atoms with Crippen molar-refractivity contribution in [3.63, 3.8) is 0 Å². The van der Waals surface area contributed by atoms with Gasteiger partial charge >= 0.3 is 0 Å². The van der Waals surface area contributed by atoms with Crippen LogP contribution in [0.1, 0.15) is 50.7 Å². The number of para-hydroxylation sites is 3. The Morgan fingerprint density at radius 1 is 0.631 bits per heavy atom. The minimum atomic E-state index is -1.30. The molecule has 0 unspecified atom stereocenters. The van der Waals surface area contributed by atoms with E-state index in [2.05, 4.69) is 166 Å². The number of imidazole rings is 1. The van der Waals surface area contributed by atoms with Crippen LogP contribution in [-0.4, -0.2) is 22.6 Å². The van der Waals surface area contributed by atoms with Crippen molar-refractivity contribution in [1.82, 2.24) is 14.5 Å². The van der Waals surface area contributed by atoms with Crippen LogP contribution in [0, 0.1) is 17.9 Å². The zero-order valence-corrected chi connectivity index (χ0v) is 40.9. The number of furan rings is 2. The average Bonchev–Trinajstić information content (AvgIpc) is 4.01. The summed E-state index contributed by atoms with van der Waals surface area (Å²) in [5.74, 6) is 1.08. The third kappa shape index (κ3) is 8.05. The molecule has 0 saturated heterocycles. The van der Waals surface area contributed by atoms with Crippen molar-refractivity contribution in [1.29, 1.82) is 0 Å². The fourth-order valence-corrected chi connectivity index (χ4v) is 9.78. The number of nitrogens with zero attached hydrogens (tertiary/aromatic N) is 3. The van der Waals surface area contributed by atoms with Crippen LogP contribution in [0.15, 0.2) is 161 Å². The maximum Gasteiger partial charge on any atom is 0.177 e. The second-order valence-electron chi connectivity index (χ2n) is 18.2. The molecule has 7 aromatic carbocycles. The maximum absolute atomic E-state index is 12.8. The molecule has 0 atom stereocenters. The Kier molecular flexibility index (Phi) is 11.8. The average molecular weight is 1050 g/mol. The summed E-state index contributed by atoms with van der Waals surface area (Å²) in [4.78, 5) is 9.73. The van der Waals surface area contributed by atoms with Crippen molar-refractivity contribution in [2.24, 2.45) is 0 Å². The molecular weight excluding hydrogens is 998 g/mol. The summed E-state index contributed by atoms with van der Waals surface area (Å²) < 4.78 is 28.3. The Morgan fingerprint density at radius 2 is 1.29 bits per heavy atom. The van der Waals surface area contributed by atoms with Gasteiger partial charge in [-0.05, 0) is 81.4 Å². The molecule has 4 heterocycles. The molecule has 4 aromatic heterocycles. The number of hydrogen-bond donors (Lipinski definition) is 0. The number of rotatable bonds is 7. The van der Waals surface area contributed by atoms with Crippen LogP contribution in [0.25, 0.3) is 94.4 Å². The number of aromatic nitrogens is 3. The topological polar surface area (TPSA) is 57.0 Å². The number of halogens is 1.